The maximum Gasteiger partial charge on any atom is 0.251 e. The highest BCUT2D eigenvalue weighted by Crippen LogP contribution is 2.30. The Kier molecular flexibility index (Phi) is 7.24. The molecule has 188 valence electrons. The molecule has 0 saturated carbocycles. The molecule has 0 aliphatic carbocycles. The summed E-state index contributed by atoms with van der Waals surface area (Å²) in [6.07, 6.45) is 4.31. The number of carbonyl (C=O) groups excluding carboxylic acids is 1. The molecule has 36 heavy (non-hydrogen) atoms. The molecule has 0 bridgehead atoms. The molecule has 1 saturated heterocycles. The molecule has 2 aromatic heterocycles. The van der Waals surface area contributed by atoms with E-state index in [4.69, 9.17) is 4.74 Å². The van der Waals surface area contributed by atoms with Crippen LogP contribution in [0.4, 0.5) is 5.69 Å². The number of benzene rings is 2. The Morgan fingerprint density at radius 3 is 2.83 bits per heavy atom. The normalized spacial score (nSPS) is 15.9. The first-order chi connectivity index (χ1) is 17.6. The van der Waals surface area contributed by atoms with Crippen LogP contribution in [0, 0.1) is 0 Å². The van der Waals surface area contributed by atoms with Gasteiger partial charge in [0, 0.05) is 42.9 Å². The van der Waals surface area contributed by atoms with Crippen LogP contribution < -0.4 is 10.2 Å². The summed E-state index contributed by atoms with van der Waals surface area (Å²) >= 11 is 0. The van der Waals surface area contributed by atoms with Gasteiger partial charge in [-0.05, 0) is 61.7 Å². The summed E-state index contributed by atoms with van der Waals surface area (Å²) in [5.41, 5.74) is 4.70. The molecule has 0 spiro atoms. The van der Waals surface area contributed by atoms with E-state index in [1.54, 1.807) is 16.8 Å². The number of β-amino-alcohol motifs (C(OH)–C–C–N with tert-alkyl or cyclic N) is 1. The summed E-state index contributed by atoms with van der Waals surface area (Å²) in [4.78, 5) is 14.5. The van der Waals surface area contributed by atoms with Gasteiger partial charge in [-0.3, -0.25) is 9.89 Å². The number of carbonyl (C=O) groups is 1. The summed E-state index contributed by atoms with van der Waals surface area (Å²) in [6.45, 7) is 5.28. The molecule has 10 nitrogen and oxygen atoms in total. The number of H-pyrrole nitrogens is 1. The highest BCUT2D eigenvalue weighted by molar-refractivity contribution is 5.95. The quantitative estimate of drug-likeness (QED) is 0.309. The van der Waals surface area contributed by atoms with Gasteiger partial charge in [-0.1, -0.05) is 12.1 Å². The molecule has 1 amide bonds. The van der Waals surface area contributed by atoms with Crippen molar-refractivity contribution in [3.8, 4) is 17.1 Å². The fourth-order valence-corrected chi connectivity index (χ4v) is 4.43. The van der Waals surface area contributed by atoms with E-state index in [1.807, 2.05) is 31.3 Å². The second kappa shape index (κ2) is 10.9. The maximum absolute atomic E-state index is 12.3. The number of aromatic amines is 1. The number of aliphatic hydroxyl groups excluding tert-OH is 1. The number of nitrogens with one attached hydrogen (secondary N) is 2. The van der Waals surface area contributed by atoms with Crippen molar-refractivity contribution >= 4 is 22.5 Å². The maximum atomic E-state index is 12.3. The highest BCUT2D eigenvalue weighted by Gasteiger charge is 2.20. The molecule has 3 N–H and O–H groups in total. The van der Waals surface area contributed by atoms with Gasteiger partial charge in [0.15, 0.2) is 0 Å². The van der Waals surface area contributed by atoms with Crippen LogP contribution in [0.25, 0.3) is 28.0 Å². The van der Waals surface area contributed by atoms with E-state index in [-0.39, 0.29) is 12.0 Å². The zero-order chi connectivity index (χ0) is 24.9. The zero-order valence-corrected chi connectivity index (χ0v) is 20.4. The molecule has 1 unspecified atom stereocenters. The number of aliphatic hydroxyl groups is 1. The van der Waals surface area contributed by atoms with Gasteiger partial charge in [0.25, 0.3) is 5.91 Å². The van der Waals surface area contributed by atoms with E-state index in [1.165, 1.54) is 0 Å². The average molecular weight is 490 g/mol. The van der Waals surface area contributed by atoms with E-state index < -0.39 is 0 Å². The number of aromatic nitrogens is 5. The smallest absolute Gasteiger partial charge is 0.251 e. The first kappa shape index (κ1) is 24.0. The fourth-order valence-electron chi connectivity index (χ4n) is 4.43. The van der Waals surface area contributed by atoms with Crippen LogP contribution in [0.2, 0.25) is 0 Å². The van der Waals surface area contributed by atoms with Gasteiger partial charge in [-0.15, -0.1) is 5.10 Å². The molecule has 4 aromatic rings. The van der Waals surface area contributed by atoms with E-state index >= 15 is 0 Å². The predicted octanol–water partition coefficient (Wildman–Crippen LogP) is 2.93. The number of amides is 1. The van der Waals surface area contributed by atoms with Crippen LogP contribution in [0.1, 0.15) is 36.5 Å². The summed E-state index contributed by atoms with van der Waals surface area (Å²) in [5.74, 6) is -0.138. The number of nitrogens with zero attached hydrogens (tertiary/aromatic N) is 5. The Labute approximate surface area is 209 Å². The Bertz CT molecular complexity index is 1310. The first-order valence-electron chi connectivity index (χ1n) is 12.4. The van der Waals surface area contributed by atoms with Crippen LogP contribution in [-0.2, 0) is 4.74 Å². The lowest BCUT2D eigenvalue weighted by atomic mass is 10.1. The zero-order valence-electron chi connectivity index (χ0n) is 20.4. The number of hydrogen-bond donors (Lipinski definition) is 3. The van der Waals surface area contributed by atoms with E-state index in [9.17, 15) is 9.90 Å². The van der Waals surface area contributed by atoms with E-state index in [0.29, 0.717) is 37.6 Å². The third-order valence-corrected chi connectivity index (χ3v) is 6.32. The van der Waals surface area contributed by atoms with Crippen LogP contribution >= 0.6 is 0 Å². The van der Waals surface area contributed by atoms with Crippen molar-refractivity contribution in [3.63, 3.8) is 0 Å². The van der Waals surface area contributed by atoms with Gasteiger partial charge in [0.2, 0.25) is 0 Å². The van der Waals surface area contributed by atoms with Gasteiger partial charge in [0.05, 0.1) is 30.1 Å². The van der Waals surface area contributed by atoms with Gasteiger partial charge < -0.3 is 20.1 Å². The van der Waals surface area contributed by atoms with Crippen molar-refractivity contribution in [2.24, 2.45) is 0 Å². The van der Waals surface area contributed by atoms with Gasteiger partial charge in [0.1, 0.15) is 11.4 Å². The van der Waals surface area contributed by atoms with Crippen molar-refractivity contribution < 1.29 is 14.6 Å². The third-order valence-electron chi connectivity index (χ3n) is 6.32. The highest BCUT2D eigenvalue weighted by atomic mass is 16.5. The minimum absolute atomic E-state index is 0.138. The number of piperidine rings is 1. The number of anilines is 1. The lowest BCUT2D eigenvalue weighted by molar-refractivity contribution is 0.0915. The summed E-state index contributed by atoms with van der Waals surface area (Å²) in [5, 5.41) is 30.1. The Hall–Kier alpha value is -3.76. The van der Waals surface area contributed by atoms with Crippen LogP contribution in [0.3, 0.4) is 0 Å². The molecule has 5 rings (SSSR count). The molecular weight excluding hydrogens is 458 g/mol. The van der Waals surface area contributed by atoms with Crippen molar-refractivity contribution in [3.05, 3.63) is 54.2 Å². The molecular formula is C26H31N7O3. The molecule has 0 radical (unpaired) electrons. The Morgan fingerprint density at radius 1 is 1.19 bits per heavy atom. The number of ether oxygens (including phenoxy) is 1. The van der Waals surface area contributed by atoms with Crippen LogP contribution in [0.5, 0.6) is 0 Å². The van der Waals surface area contributed by atoms with Crippen molar-refractivity contribution in [1.82, 2.24) is 30.5 Å². The largest absolute Gasteiger partial charge is 0.391 e. The monoisotopic (exact) mass is 489 g/mol. The molecule has 2 aromatic carbocycles. The second-order valence-corrected chi connectivity index (χ2v) is 9.01. The lowest BCUT2D eigenvalue weighted by Gasteiger charge is -2.32. The first-order valence-corrected chi connectivity index (χ1v) is 12.4. The summed E-state index contributed by atoms with van der Waals surface area (Å²) in [6, 6.07) is 13.4. The topological polar surface area (TPSA) is 121 Å². The minimum Gasteiger partial charge on any atom is -0.391 e. The molecule has 1 atom stereocenters. The van der Waals surface area contributed by atoms with E-state index in [2.05, 4.69) is 42.9 Å². The number of rotatable bonds is 9. The molecule has 3 heterocycles. The minimum atomic E-state index is -0.296. The standard InChI is InChI=1S/C26H31N7O3/c1-2-13-36-14-11-27-26(35)18-5-7-19(8-6-18)33-17-24(29-31-33)25-22-15-20(9-10-23(22)28-30-25)32-12-3-4-21(34)16-32/h5-10,15,17,21,34H,2-4,11-14,16H2,1H3,(H,27,35)(H,28,30). The number of fused-ring (bicyclic) bond motifs is 1. The van der Waals surface area contributed by atoms with Crippen LogP contribution in [-0.4, -0.2) is 75.2 Å². The average Bonchev–Trinajstić information content (AvgIpc) is 3.55. The van der Waals surface area contributed by atoms with E-state index in [0.717, 1.165) is 53.8 Å². The number of hydrogen-bond acceptors (Lipinski definition) is 7. The molecule has 10 heteroatoms. The van der Waals surface area contributed by atoms with Gasteiger partial charge >= 0.3 is 0 Å². The molecule has 1 aliphatic heterocycles. The predicted molar refractivity (Wildman–Crippen MR) is 137 cm³/mol. The molecule has 1 fully saturated rings. The van der Waals surface area contributed by atoms with Gasteiger partial charge in [-0.25, -0.2) is 4.68 Å². The van der Waals surface area contributed by atoms with Crippen molar-refractivity contribution in [1.29, 1.82) is 0 Å². The second-order valence-electron chi connectivity index (χ2n) is 9.01. The molecule has 1 aliphatic rings. The summed E-state index contributed by atoms with van der Waals surface area (Å²) in [7, 11) is 0. The fraction of sp³-hybridized carbons (Fsp3) is 0.385. The SMILES string of the molecule is CCCOCCNC(=O)c1ccc(-n2cc(-c3n[nH]c4ccc(N5CCCC(O)C5)cc34)nn2)cc1. The van der Waals surface area contributed by atoms with Crippen LogP contribution in [0.15, 0.2) is 48.7 Å². The Morgan fingerprint density at radius 2 is 2.03 bits per heavy atom. The lowest BCUT2D eigenvalue weighted by Crippen LogP contribution is -2.38. The Balaban J connectivity index is 1.30. The third kappa shape index (κ3) is 5.24. The van der Waals surface area contributed by atoms with Gasteiger partial charge in [-0.2, -0.15) is 5.10 Å². The van der Waals surface area contributed by atoms with Crippen molar-refractivity contribution in [2.75, 3.05) is 37.7 Å². The summed E-state index contributed by atoms with van der Waals surface area (Å²) < 4.78 is 7.06. The van der Waals surface area contributed by atoms with Crippen molar-refractivity contribution in [2.45, 2.75) is 32.3 Å².